The van der Waals surface area contributed by atoms with Crippen molar-refractivity contribution in [2.75, 3.05) is 25.5 Å². The summed E-state index contributed by atoms with van der Waals surface area (Å²) in [5.41, 5.74) is 3.66. The van der Waals surface area contributed by atoms with Crippen molar-refractivity contribution in [2.45, 2.75) is 18.3 Å². The van der Waals surface area contributed by atoms with Gasteiger partial charge in [0.05, 0.1) is 23.3 Å². The predicted octanol–water partition coefficient (Wildman–Crippen LogP) is 1.20. The molecule has 0 aromatic heterocycles. The Labute approximate surface area is 119 Å². The molecule has 8 heteroatoms. The standard InChI is InChI=1S/C13H16F3N3O2/c1-21-11-6-18-5-10(11)19-7-2-3-8(12(17)20)9(4-7)13(14,15)16/h2-4,10-11,18-19H,5-6H2,1H3,(H2,17,20)/t10?,11-/m0/s1. The van der Waals surface area contributed by atoms with E-state index in [1.165, 1.54) is 6.07 Å². The molecule has 116 valence electrons. The first-order valence-electron chi connectivity index (χ1n) is 6.34. The maximum absolute atomic E-state index is 13.0. The van der Waals surface area contributed by atoms with Gasteiger partial charge < -0.3 is 21.1 Å². The number of nitrogens with one attached hydrogen (secondary N) is 2. The van der Waals surface area contributed by atoms with Gasteiger partial charge in [0.25, 0.3) is 0 Å². The maximum atomic E-state index is 13.0. The maximum Gasteiger partial charge on any atom is 0.417 e. The number of alkyl halides is 3. The highest BCUT2D eigenvalue weighted by Crippen LogP contribution is 2.34. The molecule has 0 radical (unpaired) electrons. The molecule has 21 heavy (non-hydrogen) atoms. The molecule has 4 N–H and O–H groups in total. The van der Waals surface area contributed by atoms with Crippen molar-refractivity contribution in [3.63, 3.8) is 0 Å². The summed E-state index contributed by atoms with van der Waals surface area (Å²) in [6, 6.07) is 3.24. The number of halogens is 3. The van der Waals surface area contributed by atoms with E-state index in [-0.39, 0.29) is 17.8 Å². The van der Waals surface area contributed by atoms with Gasteiger partial charge >= 0.3 is 6.18 Å². The Morgan fingerprint density at radius 2 is 2.14 bits per heavy atom. The van der Waals surface area contributed by atoms with Crippen LogP contribution in [0.5, 0.6) is 0 Å². The molecule has 1 aromatic rings. The molecule has 0 spiro atoms. The van der Waals surface area contributed by atoms with Crippen molar-refractivity contribution < 1.29 is 22.7 Å². The van der Waals surface area contributed by atoms with Gasteiger partial charge in [-0.2, -0.15) is 13.2 Å². The van der Waals surface area contributed by atoms with E-state index in [4.69, 9.17) is 10.5 Å². The lowest BCUT2D eigenvalue weighted by molar-refractivity contribution is -0.137. The molecule has 1 aliphatic rings. The number of carbonyl (C=O) groups excluding carboxylic acids is 1. The summed E-state index contributed by atoms with van der Waals surface area (Å²) in [5.74, 6) is -1.11. The lowest BCUT2D eigenvalue weighted by Gasteiger charge is -2.21. The van der Waals surface area contributed by atoms with Crippen LogP contribution < -0.4 is 16.4 Å². The Morgan fingerprint density at radius 3 is 2.71 bits per heavy atom. The van der Waals surface area contributed by atoms with Gasteiger partial charge in [-0.15, -0.1) is 0 Å². The van der Waals surface area contributed by atoms with Crippen LogP contribution in [0.15, 0.2) is 18.2 Å². The first kappa shape index (κ1) is 15.6. The third-order valence-electron chi connectivity index (χ3n) is 3.40. The molecule has 0 aliphatic carbocycles. The summed E-state index contributed by atoms with van der Waals surface area (Å²) in [6.45, 7) is 1.21. The van der Waals surface area contributed by atoms with Crippen molar-refractivity contribution in [1.82, 2.24) is 5.32 Å². The summed E-state index contributed by atoms with van der Waals surface area (Å²) in [6.07, 6.45) is -4.77. The quantitative estimate of drug-likeness (QED) is 0.781. The van der Waals surface area contributed by atoms with Gasteiger partial charge in [0, 0.05) is 25.9 Å². The highest BCUT2D eigenvalue weighted by molar-refractivity contribution is 5.95. The average Bonchev–Trinajstić information content (AvgIpc) is 2.84. The van der Waals surface area contributed by atoms with Gasteiger partial charge in [-0.25, -0.2) is 0 Å². The minimum atomic E-state index is -4.64. The minimum absolute atomic E-state index is 0.129. The van der Waals surface area contributed by atoms with E-state index >= 15 is 0 Å². The van der Waals surface area contributed by atoms with Crippen LogP contribution in [0.2, 0.25) is 0 Å². The number of nitrogens with two attached hydrogens (primary N) is 1. The third kappa shape index (κ3) is 3.45. The second kappa shape index (κ2) is 5.90. The molecule has 1 saturated heterocycles. The molecule has 1 fully saturated rings. The molecular formula is C13H16F3N3O2. The molecule has 1 aliphatic heterocycles. The highest BCUT2D eigenvalue weighted by Gasteiger charge is 2.35. The fraction of sp³-hybridized carbons (Fsp3) is 0.462. The first-order chi connectivity index (χ1) is 9.82. The third-order valence-corrected chi connectivity index (χ3v) is 3.40. The van der Waals surface area contributed by atoms with Crippen LogP contribution in [0.4, 0.5) is 18.9 Å². The molecular weight excluding hydrogens is 287 g/mol. The molecule has 0 saturated carbocycles. The summed E-state index contributed by atoms with van der Waals surface area (Å²) in [4.78, 5) is 11.1. The number of carbonyl (C=O) groups is 1. The van der Waals surface area contributed by atoms with E-state index in [0.29, 0.717) is 13.1 Å². The van der Waals surface area contributed by atoms with E-state index in [2.05, 4.69) is 10.6 Å². The monoisotopic (exact) mass is 303 g/mol. The van der Waals surface area contributed by atoms with Gasteiger partial charge in [-0.05, 0) is 18.2 Å². The van der Waals surface area contributed by atoms with Gasteiger partial charge in [0.15, 0.2) is 0 Å². The Balaban J connectivity index is 2.27. The van der Waals surface area contributed by atoms with E-state index in [1.54, 1.807) is 7.11 Å². The van der Waals surface area contributed by atoms with Crippen molar-refractivity contribution in [1.29, 1.82) is 0 Å². The normalized spacial score (nSPS) is 22.3. The van der Waals surface area contributed by atoms with Gasteiger partial charge in [0.1, 0.15) is 0 Å². The van der Waals surface area contributed by atoms with Gasteiger partial charge in [-0.1, -0.05) is 0 Å². The van der Waals surface area contributed by atoms with Crippen molar-refractivity contribution in [3.8, 4) is 0 Å². The van der Waals surface area contributed by atoms with Crippen molar-refractivity contribution in [3.05, 3.63) is 29.3 Å². The number of ether oxygens (including phenoxy) is 1. The largest absolute Gasteiger partial charge is 0.417 e. The number of benzene rings is 1. The van der Waals surface area contributed by atoms with E-state index in [1.807, 2.05) is 0 Å². The zero-order valence-corrected chi connectivity index (χ0v) is 11.3. The Hall–Kier alpha value is -1.80. The number of hydrogen-bond donors (Lipinski definition) is 3. The van der Waals surface area contributed by atoms with Crippen LogP contribution in [0.3, 0.4) is 0 Å². The molecule has 2 atom stereocenters. The van der Waals surface area contributed by atoms with Crippen LogP contribution in [0.25, 0.3) is 0 Å². The zero-order chi connectivity index (χ0) is 15.6. The highest BCUT2D eigenvalue weighted by atomic mass is 19.4. The zero-order valence-electron chi connectivity index (χ0n) is 11.3. The summed E-state index contributed by atoms with van der Waals surface area (Å²) < 4.78 is 44.2. The SMILES string of the molecule is CO[C@H]1CNCC1Nc1ccc(C(N)=O)c(C(F)(F)F)c1. The molecule has 1 heterocycles. The summed E-state index contributed by atoms with van der Waals surface area (Å²) >= 11 is 0. The minimum Gasteiger partial charge on any atom is -0.378 e. The Bertz CT molecular complexity index is 534. The summed E-state index contributed by atoms with van der Waals surface area (Å²) in [7, 11) is 1.55. The van der Waals surface area contributed by atoms with E-state index in [0.717, 1.165) is 12.1 Å². The predicted molar refractivity (Wildman–Crippen MR) is 71.0 cm³/mol. The summed E-state index contributed by atoms with van der Waals surface area (Å²) in [5, 5.41) is 6.07. The number of hydrogen-bond acceptors (Lipinski definition) is 4. The second-order valence-electron chi connectivity index (χ2n) is 4.81. The van der Waals surface area contributed by atoms with Crippen LogP contribution in [0, 0.1) is 0 Å². The van der Waals surface area contributed by atoms with Crippen LogP contribution >= 0.6 is 0 Å². The fourth-order valence-electron chi connectivity index (χ4n) is 2.34. The van der Waals surface area contributed by atoms with Crippen LogP contribution in [-0.4, -0.2) is 38.3 Å². The average molecular weight is 303 g/mol. The van der Waals surface area contributed by atoms with Gasteiger partial charge in [-0.3, -0.25) is 4.79 Å². The van der Waals surface area contributed by atoms with E-state index in [9.17, 15) is 18.0 Å². The molecule has 5 nitrogen and oxygen atoms in total. The number of amides is 1. The van der Waals surface area contributed by atoms with Crippen LogP contribution in [-0.2, 0) is 10.9 Å². The first-order valence-corrected chi connectivity index (χ1v) is 6.34. The van der Waals surface area contributed by atoms with Crippen molar-refractivity contribution >= 4 is 11.6 Å². The fourth-order valence-corrected chi connectivity index (χ4v) is 2.34. The number of rotatable bonds is 4. The number of primary amides is 1. The Morgan fingerprint density at radius 1 is 1.43 bits per heavy atom. The smallest absolute Gasteiger partial charge is 0.378 e. The molecule has 1 aromatic carbocycles. The second-order valence-corrected chi connectivity index (χ2v) is 4.81. The molecule has 1 amide bonds. The van der Waals surface area contributed by atoms with E-state index < -0.39 is 23.2 Å². The Kier molecular flexibility index (Phi) is 4.38. The molecule has 0 bridgehead atoms. The number of anilines is 1. The molecule has 1 unspecified atom stereocenters. The lowest BCUT2D eigenvalue weighted by Crippen LogP contribution is -2.33. The number of methoxy groups -OCH3 is 1. The topological polar surface area (TPSA) is 76.4 Å². The molecule has 2 rings (SSSR count). The lowest BCUT2D eigenvalue weighted by atomic mass is 10.0. The van der Waals surface area contributed by atoms with Crippen molar-refractivity contribution in [2.24, 2.45) is 5.73 Å². The van der Waals surface area contributed by atoms with Gasteiger partial charge in [0.2, 0.25) is 5.91 Å². The van der Waals surface area contributed by atoms with Crippen LogP contribution in [0.1, 0.15) is 15.9 Å².